The number of phenols is 1. The molecule has 144 valence electrons. The third kappa shape index (κ3) is 4.58. The van der Waals surface area contributed by atoms with E-state index in [1.807, 2.05) is 6.92 Å². The van der Waals surface area contributed by atoms with E-state index in [4.69, 9.17) is 4.74 Å². The van der Waals surface area contributed by atoms with Gasteiger partial charge in [0.1, 0.15) is 11.5 Å². The van der Waals surface area contributed by atoms with Crippen LogP contribution in [-0.2, 0) is 14.8 Å². The van der Waals surface area contributed by atoms with Gasteiger partial charge in [-0.05, 0) is 43.3 Å². The van der Waals surface area contributed by atoms with Gasteiger partial charge in [-0.3, -0.25) is 4.79 Å². The largest absolute Gasteiger partial charge is 0.508 e. The lowest BCUT2D eigenvalue weighted by Gasteiger charge is -2.34. The molecule has 0 atom stereocenters. The van der Waals surface area contributed by atoms with Gasteiger partial charge in [-0.1, -0.05) is 17.7 Å². The Balaban J connectivity index is 1.54. The highest BCUT2D eigenvalue weighted by Gasteiger charge is 2.30. The number of nitrogens with zero attached hydrogens (tertiary/aromatic N) is 2. The molecule has 1 amide bonds. The molecular weight excluding hydrogens is 368 g/mol. The van der Waals surface area contributed by atoms with Crippen molar-refractivity contribution >= 4 is 15.9 Å². The van der Waals surface area contributed by atoms with Crippen LogP contribution in [0.3, 0.4) is 0 Å². The molecule has 27 heavy (non-hydrogen) atoms. The summed E-state index contributed by atoms with van der Waals surface area (Å²) in [6.45, 7) is 2.92. The normalized spacial score (nSPS) is 15.5. The first kappa shape index (κ1) is 19.2. The van der Waals surface area contributed by atoms with Gasteiger partial charge in [-0.15, -0.1) is 0 Å². The zero-order valence-corrected chi connectivity index (χ0v) is 15.9. The van der Waals surface area contributed by atoms with E-state index in [1.165, 1.54) is 16.4 Å². The summed E-state index contributed by atoms with van der Waals surface area (Å²) in [5, 5.41) is 9.24. The highest BCUT2D eigenvalue weighted by molar-refractivity contribution is 7.89. The number of carbonyl (C=O) groups is 1. The maximum absolute atomic E-state index is 12.7. The number of aryl methyl sites for hydroxylation is 1. The quantitative estimate of drug-likeness (QED) is 0.838. The number of ether oxygens (including phenoxy) is 1. The summed E-state index contributed by atoms with van der Waals surface area (Å²) in [6.07, 6.45) is 0. The Hall–Kier alpha value is -2.58. The lowest BCUT2D eigenvalue weighted by atomic mass is 10.2. The molecule has 0 spiro atoms. The van der Waals surface area contributed by atoms with Crippen LogP contribution >= 0.6 is 0 Å². The molecule has 0 unspecified atom stereocenters. The van der Waals surface area contributed by atoms with Crippen LogP contribution in [0.15, 0.2) is 53.4 Å². The minimum atomic E-state index is -3.55. The van der Waals surface area contributed by atoms with Crippen LogP contribution < -0.4 is 4.74 Å². The molecule has 1 saturated heterocycles. The average Bonchev–Trinajstić information content (AvgIpc) is 2.68. The highest BCUT2D eigenvalue weighted by atomic mass is 32.2. The van der Waals surface area contributed by atoms with E-state index in [1.54, 1.807) is 41.3 Å². The number of phenolic OH excluding ortho intramolecular Hbond substituents is 1. The van der Waals surface area contributed by atoms with Crippen molar-refractivity contribution in [3.8, 4) is 11.5 Å². The van der Waals surface area contributed by atoms with Gasteiger partial charge in [0, 0.05) is 26.2 Å². The molecule has 0 bridgehead atoms. The van der Waals surface area contributed by atoms with E-state index in [0.29, 0.717) is 18.8 Å². The van der Waals surface area contributed by atoms with E-state index in [2.05, 4.69) is 0 Å². The summed E-state index contributed by atoms with van der Waals surface area (Å²) in [4.78, 5) is 14.2. The first-order valence-corrected chi connectivity index (χ1v) is 10.1. The van der Waals surface area contributed by atoms with Crippen LogP contribution in [0.1, 0.15) is 5.56 Å². The maximum Gasteiger partial charge on any atom is 0.260 e. The Kier molecular flexibility index (Phi) is 5.67. The number of aromatic hydroxyl groups is 1. The lowest BCUT2D eigenvalue weighted by Crippen LogP contribution is -2.51. The maximum atomic E-state index is 12.7. The van der Waals surface area contributed by atoms with Crippen LogP contribution in [-0.4, -0.2) is 61.4 Å². The molecule has 1 aliphatic rings. The van der Waals surface area contributed by atoms with Crippen molar-refractivity contribution in [1.82, 2.24) is 9.21 Å². The fraction of sp³-hybridized carbons (Fsp3) is 0.316. The SMILES string of the molecule is Cc1ccc(S(=O)(=O)N2CCN(C(=O)COc3ccc(O)cc3)CC2)cc1. The minimum absolute atomic E-state index is 0.125. The highest BCUT2D eigenvalue weighted by Crippen LogP contribution is 2.19. The molecule has 0 aliphatic carbocycles. The number of rotatable bonds is 5. The second-order valence-corrected chi connectivity index (χ2v) is 8.32. The minimum Gasteiger partial charge on any atom is -0.508 e. The van der Waals surface area contributed by atoms with Gasteiger partial charge < -0.3 is 14.7 Å². The number of hydrogen-bond acceptors (Lipinski definition) is 5. The van der Waals surface area contributed by atoms with Crippen molar-refractivity contribution in [3.63, 3.8) is 0 Å². The summed E-state index contributed by atoms with van der Waals surface area (Å²) in [5.41, 5.74) is 0.998. The van der Waals surface area contributed by atoms with Crippen LogP contribution in [0.4, 0.5) is 0 Å². The fourth-order valence-corrected chi connectivity index (χ4v) is 4.24. The molecule has 8 heteroatoms. The molecule has 3 rings (SSSR count). The number of benzene rings is 2. The van der Waals surface area contributed by atoms with Gasteiger partial charge >= 0.3 is 0 Å². The molecular formula is C19H22N2O5S. The van der Waals surface area contributed by atoms with Gasteiger partial charge in [0.05, 0.1) is 4.90 Å². The second-order valence-electron chi connectivity index (χ2n) is 6.38. The van der Waals surface area contributed by atoms with Crippen LogP contribution in [0.25, 0.3) is 0 Å². The van der Waals surface area contributed by atoms with Crippen molar-refractivity contribution in [2.75, 3.05) is 32.8 Å². The Bertz CT molecular complexity index is 887. The summed E-state index contributed by atoms with van der Waals surface area (Å²) < 4.78 is 32.2. The predicted octanol–water partition coefficient (Wildman–Crippen LogP) is 1.61. The van der Waals surface area contributed by atoms with E-state index in [9.17, 15) is 18.3 Å². The number of piperazine rings is 1. The number of sulfonamides is 1. The van der Waals surface area contributed by atoms with E-state index < -0.39 is 10.0 Å². The molecule has 1 fully saturated rings. The Labute approximate surface area is 158 Å². The van der Waals surface area contributed by atoms with Crippen molar-refractivity contribution in [1.29, 1.82) is 0 Å². The van der Waals surface area contributed by atoms with Crippen LogP contribution in [0.5, 0.6) is 11.5 Å². The zero-order chi connectivity index (χ0) is 19.4. The Morgan fingerprint density at radius 1 is 1.00 bits per heavy atom. The Morgan fingerprint density at radius 2 is 1.59 bits per heavy atom. The first-order chi connectivity index (χ1) is 12.9. The predicted molar refractivity (Wildman–Crippen MR) is 100 cm³/mol. The number of hydrogen-bond donors (Lipinski definition) is 1. The van der Waals surface area contributed by atoms with Crippen molar-refractivity contribution < 1.29 is 23.1 Å². The molecule has 1 N–H and O–H groups in total. The third-order valence-corrected chi connectivity index (χ3v) is 6.36. The van der Waals surface area contributed by atoms with Crippen molar-refractivity contribution in [3.05, 3.63) is 54.1 Å². The Morgan fingerprint density at radius 3 is 2.19 bits per heavy atom. The molecule has 0 radical (unpaired) electrons. The summed E-state index contributed by atoms with van der Waals surface area (Å²) in [6, 6.07) is 12.9. The molecule has 7 nitrogen and oxygen atoms in total. The van der Waals surface area contributed by atoms with Gasteiger partial charge in [-0.2, -0.15) is 4.31 Å². The van der Waals surface area contributed by atoms with Crippen molar-refractivity contribution in [2.45, 2.75) is 11.8 Å². The monoisotopic (exact) mass is 390 g/mol. The van der Waals surface area contributed by atoms with Crippen LogP contribution in [0.2, 0.25) is 0 Å². The summed E-state index contributed by atoms with van der Waals surface area (Å²) >= 11 is 0. The molecule has 2 aromatic carbocycles. The smallest absolute Gasteiger partial charge is 0.260 e. The third-order valence-electron chi connectivity index (χ3n) is 4.45. The van der Waals surface area contributed by atoms with E-state index >= 15 is 0 Å². The zero-order valence-electron chi connectivity index (χ0n) is 15.0. The number of carbonyl (C=O) groups excluding carboxylic acids is 1. The second kappa shape index (κ2) is 7.98. The summed E-state index contributed by atoms with van der Waals surface area (Å²) in [7, 11) is -3.55. The van der Waals surface area contributed by atoms with Gasteiger partial charge in [0.25, 0.3) is 5.91 Å². The average molecular weight is 390 g/mol. The summed E-state index contributed by atoms with van der Waals surface area (Å²) in [5.74, 6) is 0.414. The lowest BCUT2D eigenvalue weighted by molar-refractivity contribution is -0.134. The van der Waals surface area contributed by atoms with E-state index in [0.717, 1.165) is 5.56 Å². The standard InChI is InChI=1S/C19H22N2O5S/c1-15-2-8-18(9-3-15)27(24,25)21-12-10-20(11-13-21)19(23)14-26-17-6-4-16(22)5-7-17/h2-9,22H,10-14H2,1H3. The fourth-order valence-electron chi connectivity index (χ4n) is 2.82. The van der Waals surface area contributed by atoms with Gasteiger partial charge in [-0.25, -0.2) is 8.42 Å². The molecule has 1 heterocycles. The molecule has 2 aromatic rings. The van der Waals surface area contributed by atoms with E-state index in [-0.39, 0.29) is 36.2 Å². The topological polar surface area (TPSA) is 87.2 Å². The first-order valence-electron chi connectivity index (χ1n) is 8.63. The molecule has 1 aliphatic heterocycles. The van der Waals surface area contributed by atoms with Crippen LogP contribution in [0, 0.1) is 6.92 Å². The van der Waals surface area contributed by atoms with Crippen molar-refractivity contribution in [2.24, 2.45) is 0 Å². The number of amides is 1. The van der Waals surface area contributed by atoms with Gasteiger partial charge in [0.15, 0.2) is 6.61 Å². The molecule has 0 aromatic heterocycles. The molecule has 0 saturated carbocycles. The van der Waals surface area contributed by atoms with Gasteiger partial charge in [0.2, 0.25) is 10.0 Å².